The highest BCUT2D eigenvalue weighted by molar-refractivity contribution is 5.92. The van der Waals surface area contributed by atoms with E-state index in [4.69, 9.17) is 9.15 Å². The van der Waals surface area contributed by atoms with E-state index in [0.29, 0.717) is 22.5 Å². The molecular weight excluding hydrogens is 376 g/mol. The average molecular weight is 398 g/mol. The fourth-order valence-corrected chi connectivity index (χ4v) is 3.25. The van der Waals surface area contributed by atoms with E-state index >= 15 is 0 Å². The first-order valence-electron chi connectivity index (χ1n) is 9.77. The maximum atomic E-state index is 12.5. The number of fused-ring (bicyclic) bond motifs is 1. The lowest BCUT2D eigenvalue weighted by atomic mass is 9.87. The Balaban J connectivity index is 1.59. The molecule has 0 bridgehead atoms. The van der Waals surface area contributed by atoms with Crippen molar-refractivity contribution in [1.82, 2.24) is 0 Å². The third-order valence-corrected chi connectivity index (χ3v) is 4.99. The van der Waals surface area contributed by atoms with Gasteiger partial charge in [-0.3, -0.25) is 0 Å². The molecule has 3 aromatic carbocycles. The lowest BCUT2D eigenvalue weighted by molar-refractivity contribution is 0.0735. The van der Waals surface area contributed by atoms with Crippen LogP contribution in [0.1, 0.15) is 36.7 Å². The van der Waals surface area contributed by atoms with E-state index in [1.165, 1.54) is 0 Å². The van der Waals surface area contributed by atoms with E-state index in [-0.39, 0.29) is 5.41 Å². The standard InChI is InChI=1S/C26H22O4/c1-26(2,3)20-12-9-18(10-13-20)24(27)29-21-14-11-19-15-22(17-7-5-4-6-8-17)25(28)30-23(19)16-21/h4-16H,1-3H3. The van der Waals surface area contributed by atoms with Crippen molar-refractivity contribution < 1.29 is 13.9 Å². The van der Waals surface area contributed by atoms with Gasteiger partial charge in [-0.2, -0.15) is 0 Å². The summed E-state index contributed by atoms with van der Waals surface area (Å²) >= 11 is 0. The van der Waals surface area contributed by atoms with Gasteiger partial charge in [-0.25, -0.2) is 9.59 Å². The fraction of sp³-hybridized carbons (Fsp3) is 0.154. The van der Waals surface area contributed by atoms with Gasteiger partial charge in [0.25, 0.3) is 0 Å². The van der Waals surface area contributed by atoms with Crippen LogP contribution in [0.5, 0.6) is 5.75 Å². The van der Waals surface area contributed by atoms with Crippen LogP contribution in [-0.4, -0.2) is 5.97 Å². The molecule has 0 aliphatic rings. The van der Waals surface area contributed by atoms with E-state index < -0.39 is 11.6 Å². The molecule has 1 heterocycles. The maximum Gasteiger partial charge on any atom is 0.344 e. The van der Waals surface area contributed by atoms with E-state index in [2.05, 4.69) is 20.8 Å². The van der Waals surface area contributed by atoms with Gasteiger partial charge in [0, 0.05) is 11.5 Å². The third kappa shape index (κ3) is 4.03. The molecule has 4 rings (SSSR count). The van der Waals surface area contributed by atoms with Crippen molar-refractivity contribution in [1.29, 1.82) is 0 Å². The summed E-state index contributed by atoms with van der Waals surface area (Å²) in [6, 6.07) is 23.6. The molecule has 0 aliphatic heterocycles. The second-order valence-electron chi connectivity index (χ2n) is 8.23. The summed E-state index contributed by atoms with van der Waals surface area (Å²) in [6.45, 7) is 6.35. The normalized spacial score (nSPS) is 11.4. The molecule has 4 heteroatoms. The van der Waals surface area contributed by atoms with Crippen molar-refractivity contribution in [3.05, 3.63) is 100 Å². The number of ether oxygens (including phenoxy) is 1. The van der Waals surface area contributed by atoms with E-state index in [9.17, 15) is 9.59 Å². The number of carbonyl (C=O) groups is 1. The largest absolute Gasteiger partial charge is 0.423 e. The summed E-state index contributed by atoms with van der Waals surface area (Å²) in [7, 11) is 0. The molecule has 0 aliphatic carbocycles. The summed E-state index contributed by atoms with van der Waals surface area (Å²) in [5, 5.41) is 0.753. The predicted molar refractivity (Wildman–Crippen MR) is 118 cm³/mol. The molecule has 1 aromatic heterocycles. The zero-order valence-electron chi connectivity index (χ0n) is 17.1. The molecule has 30 heavy (non-hydrogen) atoms. The van der Waals surface area contributed by atoms with Crippen LogP contribution in [-0.2, 0) is 5.41 Å². The van der Waals surface area contributed by atoms with Crippen LogP contribution in [0.3, 0.4) is 0 Å². The highest BCUT2D eigenvalue weighted by Gasteiger charge is 2.16. The van der Waals surface area contributed by atoms with Crippen molar-refractivity contribution in [2.24, 2.45) is 0 Å². The highest BCUT2D eigenvalue weighted by atomic mass is 16.5. The molecule has 0 fully saturated rings. The summed E-state index contributed by atoms with van der Waals surface area (Å²) in [4.78, 5) is 24.9. The summed E-state index contributed by atoms with van der Waals surface area (Å²) in [5.41, 5.74) is 2.83. The Kier molecular flexibility index (Phi) is 5.00. The number of rotatable bonds is 3. The first-order valence-corrected chi connectivity index (χ1v) is 9.77. The van der Waals surface area contributed by atoms with Gasteiger partial charge in [0.05, 0.1) is 11.1 Å². The van der Waals surface area contributed by atoms with Crippen LogP contribution in [0.2, 0.25) is 0 Å². The van der Waals surface area contributed by atoms with E-state index in [1.807, 2.05) is 42.5 Å². The molecule has 0 saturated heterocycles. The Labute approximate surface area is 174 Å². The molecule has 4 aromatic rings. The first kappa shape index (κ1) is 19.6. The molecule has 0 radical (unpaired) electrons. The van der Waals surface area contributed by atoms with Crippen molar-refractivity contribution in [3.8, 4) is 16.9 Å². The quantitative estimate of drug-likeness (QED) is 0.242. The van der Waals surface area contributed by atoms with Gasteiger partial charge in [0.2, 0.25) is 0 Å². The molecule has 0 saturated carbocycles. The van der Waals surface area contributed by atoms with Gasteiger partial charge in [-0.15, -0.1) is 0 Å². The predicted octanol–water partition coefficient (Wildman–Crippen LogP) is 5.98. The lowest BCUT2D eigenvalue weighted by Crippen LogP contribution is -2.13. The second-order valence-corrected chi connectivity index (χ2v) is 8.23. The maximum absolute atomic E-state index is 12.5. The Hall–Kier alpha value is -3.66. The minimum atomic E-state index is -0.460. The minimum Gasteiger partial charge on any atom is -0.423 e. The first-order chi connectivity index (χ1) is 14.3. The zero-order valence-corrected chi connectivity index (χ0v) is 17.1. The van der Waals surface area contributed by atoms with Gasteiger partial charge >= 0.3 is 11.6 Å². The highest BCUT2D eigenvalue weighted by Crippen LogP contribution is 2.26. The van der Waals surface area contributed by atoms with E-state index in [1.54, 1.807) is 36.4 Å². The Bertz CT molecular complexity index is 1260. The molecule has 0 unspecified atom stereocenters. The van der Waals surface area contributed by atoms with Crippen molar-refractivity contribution in [3.63, 3.8) is 0 Å². The zero-order chi connectivity index (χ0) is 21.3. The van der Waals surface area contributed by atoms with E-state index in [0.717, 1.165) is 16.5 Å². The molecule has 0 spiro atoms. The van der Waals surface area contributed by atoms with Crippen LogP contribution in [0.15, 0.2) is 88.1 Å². The van der Waals surface area contributed by atoms with Gasteiger partial charge in [0.15, 0.2) is 0 Å². The molecule has 4 nitrogen and oxygen atoms in total. The van der Waals surface area contributed by atoms with Crippen LogP contribution < -0.4 is 10.4 Å². The van der Waals surface area contributed by atoms with Crippen molar-refractivity contribution in [2.45, 2.75) is 26.2 Å². The Morgan fingerprint density at radius 3 is 2.23 bits per heavy atom. The summed E-state index contributed by atoms with van der Waals surface area (Å²) in [6.07, 6.45) is 0. The SMILES string of the molecule is CC(C)(C)c1ccc(C(=O)Oc2ccc3cc(-c4ccccc4)c(=O)oc3c2)cc1. The minimum absolute atomic E-state index is 0.0108. The Morgan fingerprint density at radius 1 is 0.867 bits per heavy atom. The van der Waals surface area contributed by atoms with Crippen LogP contribution in [0.4, 0.5) is 0 Å². The summed E-state index contributed by atoms with van der Waals surface area (Å²) in [5.74, 6) is -0.138. The molecule has 150 valence electrons. The number of hydrogen-bond acceptors (Lipinski definition) is 4. The average Bonchev–Trinajstić information content (AvgIpc) is 2.73. The van der Waals surface area contributed by atoms with Gasteiger partial charge in [0.1, 0.15) is 11.3 Å². The van der Waals surface area contributed by atoms with Gasteiger partial charge in [-0.1, -0.05) is 63.2 Å². The van der Waals surface area contributed by atoms with Crippen LogP contribution in [0.25, 0.3) is 22.1 Å². The van der Waals surface area contributed by atoms with Crippen LogP contribution >= 0.6 is 0 Å². The van der Waals surface area contributed by atoms with Gasteiger partial charge in [-0.05, 0) is 46.9 Å². The molecular formula is C26H22O4. The molecule has 0 atom stereocenters. The lowest BCUT2D eigenvalue weighted by Gasteiger charge is -2.18. The molecule has 0 N–H and O–H groups in total. The van der Waals surface area contributed by atoms with Crippen LogP contribution in [0, 0.1) is 0 Å². The molecule has 0 amide bonds. The Morgan fingerprint density at radius 2 is 1.57 bits per heavy atom. The number of esters is 1. The number of hydrogen-bond donors (Lipinski definition) is 0. The monoisotopic (exact) mass is 398 g/mol. The summed E-state index contributed by atoms with van der Waals surface area (Å²) < 4.78 is 11.0. The van der Waals surface area contributed by atoms with Crippen molar-refractivity contribution in [2.75, 3.05) is 0 Å². The topological polar surface area (TPSA) is 56.5 Å². The fourth-order valence-electron chi connectivity index (χ4n) is 3.25. The third-order valence-electron chi connectivity index (χ3n) is 4.99. The smallest absolute Gasteiger partial charge is 0.344 e. The number of benzene rings is 3. The second kappa shape index (κ2) is 7.64. The van der Waals surface area contributed by atoms with Gasteiger partial charge < -0.3 is 9.15 Å². The number of carbonyl (C=O) groups excluding carboxylic acids is 1. The van der Waals surface area contributed by atoms with Crippen molar-refractivity contribution >= 4 is 16.9 Å².